The fourth-order valence-corrected chi connectivity index (χ4v) is 3.59. The minimum atomic E-state index is -0.316. The molecular formula is C17H25N3O2S. The first-order chi connectivity index (χ1) is 11.2. The molecule has 0 aliphatic carbocycles. The van der Waals surface area contributed by atoms with Crippen LogP contribution in [-0.2, 0) is 11.3 Å². The Morgan fingerprint density at radius 3 is 2.74 bits per heavy atom. The average Bonchev–Trinajstić information content (AvgIpc) is 3.10. The lowest BCUT2D eigenvalue weighted by Crippen LogP contribution is -2.40. The van der Waals surface area contributed by atoms with E-state index in [0.29, 0.717) is 17.4 Å². The van der Waals surface area contributed by atoms with E-state index >= 15 is 0 Å². The number of guanidine groups is 1. The predicted octanol–water partition coefficient (Wildman–Crippen LogP) is 2.42. The summed E-state index contributed by atoms with van der Waals surface area (Å²) in [6.07, 6.45) is 2.60. The van der Waals surface area contributed by atoms with E-state index in [9.17, 15) is 4.79 Å². The molecule has 5 nitrogen and oxygen atoms in total. The monoisotopic (exact) mass is 335 g/mol. The van der Waals surface area contributed by atoms with Crippen LogP contribution in [-0.4, -0.2) is 43.1 Å². The first kappa shape index (κ1) is 17.7. The molecule has 1 aromatic carbocycles. The molecule has 0 amide bonds. The van der Waals surface area contributed by atoms with Crippen molar-refractivity contribution in [3.63, 3.8) is 0 Å². The number of rotatable bonds is 6. The number of hydrogen-bond acceptors (Lipinski definition) is 4. The lowest BCUT2D eigenvalue weighted by atomic mass is 10.1. The summed E-state index contributed by atoms with van der Waals surface area (Å²) in [7, 11) is 1.39. The second-order valence-corrected chi connectivity index (χ2v) is 6.81. The van der Waals surface area contributed by atoms with Gasteiger partial charge in [-0.3, -0.25) is 0 Å². The van der Waals surface area contributed by atoms with Crippen LogP contribution < -0.4 is 10.6 Å². The zero-order valence-corrected chi connectivity index (χ0v) is 14.6. The van der Waals surface area contributed by atoms with Crippen LogP contribution in [0.1, 0.15) is 35.7 Å². The van der Waals surface area contributed by atoms with Crippen molar-refractivity contribution in [2.45, 2.75) is 31.6 Å². The number of carbonyl (C=O) groups excluding carboxylic acids is 1. The molecule has 1 aliphatic heterocycles. The van der Waals surface area contributed by atoms with E-state index in [1.54, 1.807) is 12.1 Å². The van der Waals surface area contributed by atoms with Gasteiger partial charge in [-0.05, 0) is 43.2 Å². The highest BCUT2D eigenvalue weighted by Crippen LogP contribution is 2.25. The summed E-state index contributed by atoms with van der Waals surface area (Å²) in [6, 6.07) is 7.36. The van der Waals surface area contributed by atoms with Crippen LogP contribution in [0.25, 0.3) is 0 Å². The Bertz CT molecular complexity index is 525. The van der Waals surface area contributed by atoms with Gasteiger partial charge >= 0.3 is 5.97 Å². The predicted molar refractivity (Wildman–Crippen MR) is 96.1 cm³/mol. The molecule has 0 bridgehead atoms. The molecule has 0 radical (unpaired) electrons. The van der Waals surface area contributed by atoms with E-state index in [-0.39, 0.29) is 5.97 Å². The summed E-state index contributed by atoms with van der Waals surface area (Å²) < 4.78 is 4.70. The third-order valence-corrected chi connectivity index (χ3v) is 5.06. The van der Waals surface area contributed by atoms with Crippen molar-refractivity contribution in [2.24, 2.45) is 4.99 Å². The lowest BCUT2D eigenvalue weighted by molar-refractivity contribution is 0.0600. The van der Waals surface area contributed by atoms with E-state index in [0.717, 1.165) is 24.6 Å². The quantitative estimate of drug-likeness (QED) is 0.475. The first-order valence-corrected chi connectivity index (χ1v) is 9.09. The summed E-state index contributed by atoms with van der Waals surface area (Å²) in [5.74, 6) is 1.80. The van der Waals surface area contributed by atoms with Gasteiger partial charge in [-0.1, -0.05) is 12.1 Å². The molecular weight excluding hydrogens is 310 g/mol. The molecule has 126 valence electrons. The Kier molecular flexibility index (Phi) is 7.26. The summed E-state index contributed by atoms with van der Waals surface area (Å²) >= 11 is 2.03. The zero-order valence-electron chi connectivity index (χ0n) is 13.8. The standard InChI is InChI=1S/C17H25N3O2S/c1-3-18-17(20-12-15-5-4-10-23-15)19-11-13-6-8-14(9-7-13)16(21)22-2/h6-9,15H,3-5,10-12H2,1-2H3,(H2,18,19,20). The van der Waals surface area contributed by atoms with E-state index in [2.05, 4.69) is 22.5 Å². The van der Waals surface area contributed by atoms with Gasteiger partial charge in [-0.25, -0.2) is 9.79 Å². The third kappa shape index (κ3) is 5.78. The SMILES string of the molecule is CCNC(=NCc1ccc(C(=O)OC)cc1)NCC1CCCS1. The number of methoxy groups -OCH3 is 1. The van der Waals surface area contributed by atoms with Gasteiger partial charge in [-0.15, -0.1) is 0 Å². The molecule has 6 heteroatoms. The molecule has 1 unspecified atom stereocenters. The Balaban J connectivity index is 1.89. The largest absolute Gasteiger partial charge is 0.465 e. The Labute approximate surface area is 142 Å². The van der Waals surface area contributed by atoms with E-state index in [4.69, 9.17) is 4.74 Å². The maximum atomic E-state index is 11.4. The average molecular weight is 335 g/mol. The summed E-state index contributed by atoms with van der Waals surface area (Å²) in [5.41, 5.74) is 1.62. The highest BCUT2D eigenvalue weighted by molar-refractivity contribution is 8.00. The molecule has 1 aromatic rings. The van der Waals surface area contributed by atoms with Gasteiger partial charge in [0.15, 0.2) is 5.96 Å². The van der Waals surface area contributed by atoms with Gasteiger partial charge in [0.05, 0.1) is 19.2 Å². The molecule has 1 aliphatic rings. The number of ether oxygens (including phenoxy) is 1. The fourth-order valence-electron chi connectivity index (χ4n) is 2.39. The normalized spacial score (nSPS) is 17.8. The summed E-state index contributed by atoms with van der Waals surface area (Å²) in [4.78, 5) is 16.0. The van der Waals surface area contributed by atoms with Crippen LogP contribution in [0.3, 0.4) is 0 Å². The van der Waals surface area contributed by atoms with Crippen molar-refractivity contribution in [1.82, 2.24) is 10.6 Å². The first-order valence-electron chi connectivity index (χ1n) is 8.04. The molecule has 1 fully saturated rings. The van der Waals surface area contributed by atoms with Gasteiger partial charge < -0.3 is 15.4 Å². The second-order valence-electron chi connectivity index (χ2n) is 5.40. The van der Waals surface area contributed by atoms with Crippen LogP contribution in [0.2, 0.25) is 0 Å². The third-order valence-electron chi connectivity index (χ3n) is 3.66. The molecule has 0 aromatic heterocycles. The molecule has 0 saturated carbocycles. The van der Waals surface area contributed by atoms with Gasteiger partial charge in [0.1, 0.15) is 0 Å². The van der Waals surface area contributed by atoms with Crippen molar-refractivity contribution in [2.75, 3.05) is 26.0 Å². The minimum Gasteiger partial charge on any atom is -0.465 e. The number of nitrogens with zero attached hydrogens (tertiary/aromatic N) is 1. The topological polar surface area (TPSA) is 62.7 Å². The second kappa shape index (κ2) is 9.45. The molecule has 1 atom stereocenters. The zero-order chi connectivity index (χ0) is 16.5. The summed E-state index contributed by atoms with van der Waals surface area (Å²) in [6.45, 7) is 4.43. The van der Waals surface area contributed by atoms with Crippen LogP contribution in [0.4, 0.5) is 0 Å². The number of thioether (sulfide) groups is 1. The van der Waals surface area contributed by atoms with Crippen molar-refractivity contribution in [1.29, 1.82) is 0 Å². The maximum absolute atomic E-state index is 11.4. The Morgan fingerprint density at radius 1 is 1.35 bits per heavy atom. The molecule has 2 N–H and O–H groups in total. The van der Waals surface area contributed by atoms with Gasteiger partial charge in [0, 0.05) is 18.3 Å². The highest BCUT2D eigenvalue weighted by Gasteiger charge is 2.15. The van der Waals surface area contributed by atoms with Crippen LogP contribution >= 0.6 is 11.8 Å². The van der Waals surface area contributed by atoms with Gasteiger partial charge in [0.25, 0.3) is 0 Å². The Hall–Kier alpha value is -1.69. The van der Waals surface area contributed by atoms with Crippen LogP contribution in [0, 0.1) is 0 Å². The van der Waals surface area contributed by atoms with Crippen molar-refractivity contribution in [3.05, 3.63) is 35.4 Å². The van der Waals surface area contributed by atoms with Gasteiger partial charge in [0.2, 0.25) is 0 Å². The number of nitrogens with one attached hydrogen (secondary N) is 2. The maximum Gasteiger partial charge on any atom is 0.337 e. The number of carbonyl (C=O) groups is 1. The van der Waals surface area contributed by atoms with Crippen molar-refractivity contribution in [3.8, 4) is 0 Å². The molecule has 1 heterocycles. The Morgan fingerprint density at radius 2 is 2.13 bits per heavy atom. The van der Waals surface area contributed by atoms with E-state index in [1.807, 2.05) is 23.9 Å². The van der Waals surface area contributed by atoms with Crippen molar-refractivity contribution >= 4 is 23.7 Å². The minimum absolute atomic E-state index is 0.316. The summed E-state index contributed by atoms with van der Waals surface area (Å²) in [5, 5.41) is 7.38. The van der Waals surface area contributed by atoms with E-state index in [1.165, 1.54) is 25.7 Å². The van der Waals surface area contributed by atoms with Crippen LogP contribution in [0.15, 0.2) is 29.3 Å². The van der Waals surface area contributed by atoms with Crippen molar-refractivity contribution < 1.29 is 9.53 Å². The highest BCUT2D eigenvalue weighted by atomic mass is 32.2. The molecule has 23 heavy (non-hydrogen) atoms. The lowest BCUT2D eigenvalue weighted by Gasteiger charge is -2.14. The van der Waals surface area contributed by atoms with Gasteiger partial charge in [-0.2, -0.15) is 11.8 Å². The molecule has 1 saturated heterocycles. The van der Waals surface area contributed by atoms with E-state index < -0.39 is 0 Å². The number of hydrogen-bond donors (Lipinski definition) is 2. The number of aliphatic imine (C=N–C) groups is 1. The smallest absolute Gasteiger partial charge is 0.337 e. The number of benzene rings is 1. The number of esters is 1. The van der Waals surface area contributed by atoms with Crippen LogP contribution in [0.5, 0.6) is 0 Å². The molecule has 2 rings (SSSR count). The molecule has 0 spiro atoms. The fraction of sp³-hybridized carbons (Fsp3) is 0.529.